The molecule has 1 aliphatic heterocycles. The van der Waals surface area contributed by atoms with Crippen LogP contribution in [0.25, 0.3) is 5.57 Å². The lowest BCUT2D eigenvalue weighted by atomic mass is 10.0. The molecule has 146 valence electrons. The smallest absolute Gasteiger partial charge is 0.418 e. The highest BCUT2D eigenvalue weighted by atomic mass is 16.6. The maximum atomic E-state index is 13.1. The van der Waals surface area contributed by atoms with Crippen LogP contribution in [0.3, 0.4) is 0 Å². The van der Waals surface area contributed by atoms with Crippen molar-refractivity contribution in [3.63, 3.8) is 0 Å². The van der Waals surface area contributed by atoms with E-state index in [0.29, 0.717) is 11.3 Å². The fourth-order valence-corrected chi connectivity index (χ4v) is 3.13. The lowest BCUT2D eigenvalue weighted by Crippen LogP contribution is -2.44. The van der Waals surface area contributed by atoms with Crippen molar-refractivity contribution in [2.75, 3.05) is 5.73 Å². The number of benzene rings is 2. The monoisotopic (exact) mass is 380 g/mol. The standard InChI is InChI=1S/C22H24N2O4/c1-22(2,3)28-21(27)24-17(13-14-7-5-4-6-8-14)19(25)18(20(24)26)15-9-11-16(23)12-10-15/h4-12,17,25H,13,23H2,1-3H3/t17-/m0/s1. The second-order valence-electron chi connectivity index (χ2n) is 7.74. The lowest BCUT2D eigenvalue weighted by Gasteiger charge is -2.27. The zero-order valence-corrected chi connectivity index (χ0v) is 16.2. The number of carbonyl (C=O) groups excluding carboxylic acids is 2. The Bertz CT molecular complexity index is 912. The van der Waals surface area contributed by atoms with Crippen LogP contribution in [0.5, 0.6) is 0 Å². The van der Waals surface area contributed by atoms with E-state index in [1.165, 1.54) is 0 Å². The predicted octanol–water partition coefficient (Wildman–Crippen LogP) is 3.93. The van der Waals surface area contributed by atoms with Gasteiger partial charge in [0.05, 0.1) is 5.57 Å². The summed E-state index contributed by atoms with van der Waals surface area (Å²) in [7, 11) is 0. The zero-order chi connectivity index (χ0) is 20.5. The van der Waals surface area contributed by atoms with E-state index in [9.17, 15) is 14.7 Å². The maximum absolute atomic E-state index is 13.1. The molecule has 2 aromatic carbocycles. The van der Waals surface area contributed by atoms with E-state index < -0.39 is 23.6 Å². The number of carbonyl (C=O) groups is 2. The second-order valence-corrected chi connectivity index (χ2v) is 7.74. The molecule has 0 fully saturated rings. The van der Waals surface area contributed by atoms with Crippen LogP contribution in [0.1, 0.15) is 31.9 Å². The van der Waals surface area contributed by atoms with Crippen molar-refractivity contribution in [1.29, 1.82) is 0 Å². The SMILES string of the molecule is CC(C)(C)OC(=O)N1C(=O)C(c2ccc(N)cc2)=C(O)[C@@H]1Cc1ccccc1. The van der Waals surface area contributed by atoms with E-state index in [2.05, 4.69) is 0 Å². The molecule has 0 saturated carbocycles. The molecule has 6 heteroatoms. The van der Waals surface area contributed by atoms with E-state index >= 15 is 0 Å². The summed E-state index contributed by atoms with van der Waals surface area (Å²) in [5, 5.41) is 10.9. The molecule has 1 aliphatic rings. The number of hydrogen-bond acceptors (Lipinski definition) is 5. The maximum Gasteiger partial charge on any atom is 0.418 e. The van der Waals surface area contributed by atoms with Crippen LogP contribution in [0.15, 0.2) is 60.4 Å². The van der Waals surface area contributed by atoms with Crippen LogP contribution in [0.2, 0.25) is 0 Å². The van der Waals surface area contributed by atoms with E-state index in [0.717, 1.165) is 10.5 Å². The van der Waals surface area contributed by atoms with Gasteiger partial charge in [0.15, 0.2) is 0 Å². The number of anilines is 1. The molecule has 0 saturated heterocycles. The zero-order valence-electron chi connectivity index (χ0n) is 16.2. The molecule has 0 radical (unpaired) electrons. The van der Waals surface area contributed by atoms with E-state index in [1.54, 1.807) is 45.0 Å². The van der Waals surface area contributed by atoms with Gasteiger partial charge in [-0.15, -0.1) is 0 Å². The van der Waals surface area contributed by atoms with Crippen molar-refractivity contribution in [2.24, 2.45) is 0 Å². The largest absolute Gasteiger partial charge is 0.509 e. The molecule has 2 amide bonds. The topological polar surface area (TPSA) is 92.9 Å². The van der Waals surface area contributed by atoms with Crippen LogP contribution < -0.4 is 5.73 Å². The quantitative estimate of drug-likeness (QED) is 0.787. The van der Waals surface area contributed by atoms with Crippen molar-refractivity contribution in [2.45, 2.75) is 38.8 Å². The first-order valence-electron chi connectivity index (χ1n) is 9.07. The average Bonchev–Trinajstić information content (AvgIpc) is 2.86. The van der Waals surface area contributed by atoms with Gasteiger partial charge in [0.1, 0.15) is 17.4 Å². The number of nitrogens with two attached hydrogens (primary N) is 1. The molecular weight excluding hydrogens is 356 g/mol. The summed E-state index contributed by atoms with van der Waals surface area (Å²) in [6, 6.07) is 15.1. The normalized spacial score (nSPS) is 17.2. The van der Waals surface area contributed by atoms with Crippen molar-refractivity contribution >= 4 is 23.3 Å². The molecule has 0 aliphatic carbocycles. The molecule has 3 rings (SSSR count). The number of amides is 2. The van der Waals surface area contributed by atoms with Crippen LogP contribution in [-0.4, -0.2) is 33.6 Å². The summed E-state index contributed by atoms with van der Waals surface area (Å²) >= 11 is 0. The van der Waals surface area contributed by atoms with Crippen molar-refractivity contribution in [3.05, 3.63) is 71.5 Å². The summed E-state index contributed by atoms with van der Waals surface area (Å²) in [6.07, 6.45) is -0.494. The van der Waals surface area contributed by atoms with Gasteiger partial charge in [0, 0.05) is 12.1 Å². The molecule has 0 aromatic heterocycles. The van der Waals surface area contributed by atoms with Gasteiger partial charge in [0.25, 0.3) is 5.91 Å². The minimum Gasteiger partial charge on any atom is -0.509 e. The average molecular weight is 380 g/mol. The fourth-order valence-electron chi connectivity index (χ4n) is 3.13. The first kappa shape index (κ1) is 19.5. The Morgan fingerprint density at radius 1 is 1.11 bits per heavy atom. The van der Waals surface area contributed by atoms with Gasteiger partial charge in [-0.1, -0.05) is 42.5 Å². The van der Waals surface area contributed by atoms with Gasteiger partial charge < -0.3 is 15.6 Å². The highest BCUT2D eigenvalue weighted by molar-refractivity contribution is 6.26. The molecule has 0 bridgehead atoms. The lowest BCUT2D eigenvalue weighted by molar-refractivity contribution is -0.124. The van der Waals surface area contributed by atoms with Crippen LogP contribution in [0.4, 0.5) is 10.5 Å². The molecule has 28 heavy (non-hydrogen) atoms. The first-order valence-corrected chi connectivity index (χ1v) is 9.07. The Morgan fingerprint density at radius 3 is 2.29 bits per heavy atom. The van der Waals surface area contributed by atoms with Crippen LogP contribution >= 0.6 is 0 Å². The third kappa shape index (κ3) is 4.01. The number of ether oxygens (including phenoxy) is 1. The Balaban J connectivity index is 2.02. The van der Waals surface area contributed by atoms with Gasteiger partial charge >= 0.3 is 6.09 Å². The van der Waals surface area contributed by atoms with E-state index in [4.69, 9.17) is 10.5 Å². The van der Waals surface area contributed by atoms with Crippen molar-refractivity contribution in [1.82, 2.24) is 4.90 Å². The number of nitrogen functional groups attached to an aromatic ring is 1. The molecule has 6 nitrogen and oxygen atoms in total. The Labute approximate surface area is 164 Å². The van der Waals surface area contributed by atoms with Crippen LogP contribution in [-0.2, 0) is 16.0 Å². The summed E-state index contributed by atoms with van der Waals surface area (Å²) in [6.45, 7) is 5.18. The van der Waals surface area contributed by atoms with Gasteiger partial charge in [-0.2, -0.15) is 0 Å². The highest BCUT2D eigenvalue weighted by Crippen LogP contribution is 2.34. The second kappa shape index (κ2) is 7.38. The summed E-state index contributed by atoms with van der Waals surface area (Å²) in [5.41, 5.74) is 6.97. The third-order valence-corrected chi connectivity index (χ3v) is 4.38. The minimum atomic E-state index is -0.836. The number of nitrogens with zero attached hydrogens (tertiary/aromatic N) is 1. The number of aliphatic hydroxyl groups excluding tert-OH is 1. The van der Waals surface area contributed by atoms with Gasteiger partial charge in [0.2, 0.25) is 0 Å². The molecule has 1 heterocycles. The summed E-state index contributed by atoms with van der Waals surface area (Å²) in [5.74, 6) is -0.734. The van der Waals surface area contributed by atoms with Gasteiger partial charge in [-0.3, -0.25) is 4.79 Å². The number of aliphatic hydroxyl groups is 1. The van der Waals surface area contributed by atoms with Gasteiger partial charge in [-0.25, -0.2) is 9.69 Å². The molecule has 3 N–H and O–H groups in total. The summed E-state index contributed by atoms with van der Waals surface area (Å²) in [4.78, 5) is 26.9. The Kier molecular flexibility index (Phi) is 5.14. The number of hydrogen-bond donors (Lipinski definition) is 2. The van der Waals surface area contributed by atoms with Gasteiger partial charge in [-0.05, 0) is 44.0 Å². The molecule has 0 unspecified atom stereocenters. The number of rotatable bonds is 3. The molecule has 0 spiro atoms. The Morgan fingerprint density at radius 2 is 1.71 bits per heavy atom. The van der Waals surface area contributed by atoms with Crippen molar-refractivity contribution < 1.29 is 19.4 Å². The predicted molar refractivity (Wildman–Crippen MR) is 107 cm³/mol. The van der Waals surface area contributed by atoms with E-state index in [-0.39, 0.29) is 17.8 Å². The number of imide groups is 1. The third-order valence-electron chi connectivity index (χ3n) is 4.38. The molecule has 1 atom stereocenters. The summed E-state index contributed by atoms with van der Waals surface area (Å²) < 4.78 is 5.42. The van der Waals surface area contributed by atoms with Crippen molar-refractivity contribution in [3.8, 4) is 0 Å². The fraction of sp³-hybridized carbons (Fsp3) is 0.273. The minimum absolute atomic E-state index is 0.0896. The molecule has 2 aromatic rings. The first-order chi connectivity index (χ1) is 13.2. The van der Waals surface area contributed by atoms with Crippen LogP contribution in [0, 0.1) is 0 Å². The Hall–Kier alpha value is -3.28. The molecular formula is C22H24N2O4. The van der Waals surface area contributed by atoms with E-state index in [1.807, 2.05) is 30.3 Å². The highest BCUT2D eigenvalue weighted by Gasteiger charge is 2.45.